The third-order valence-corrected chi connectivity index (χ3v) is 7.55. The number of hydrogen-bond acceptors (Lipinski definition) is 15. The lowest BCUT2D eigenvalue weighted by Gasteiger charge is -2.48. The number of carbonyl (C=O) groups excluding carboxylic acids is 5. The van der Waals surface area contributed by atoms with Gasteiger partial charge in [0, 0.05) is 20.3 Å². The molecule has 0 aromatic rings. The minimum Gasteiger partial charge on any atom is -0.481 e. The lowest BCUT2D eigenvalue weighted by Crippen LogP contribution is -2.69. The van der Waals surface area contributed by atoms with Gasteiger partial charge in [-0.15, -0.1) is 0 Å². The van der Waals surface area contributed by atoms with Gasteiger partial charge in [-0.3, -0.25) is 28.8 Å². The summed E-state index contributed by atoms with van der Waals surface area (Å²) >= 11 is 0. The van der Waals surface area contributed by atoms with E-state index in [1.54, 1.807) is 0 Å². The molecule has 48 heavy (non-hydrogen) atoms. The highest BCUT2D eigenvalue weighted by Gasteiger charge is 2.52. The molecule has 2 heterocycles. The first-order valence-corrected chi connectivity index (χ1v) is 15.0. The van der Waals surface area contributed by atoms with Crippen molar-refractivity contribution in [3.63, 3.8) is 0 Å². The second-order valence-corrected chi connectivity index (χ2v) is 11.4. The summed E-state index contributed by atoms with van der Waals surface area (Å²) in [5, 5.41) is 70.2. The van der Waals surface area contributed by atoms with Gasteiger partial charge in [-0.05, 0) is 20.3 Å². The third kappa shape index (κ3) is 11.0. The molecule has 0 bridgehead atoms. The number of carbonyl (C=O) groups is 6. The van der Waals surface area contributed by atoms with Gasteiger partial charge in [0.2, 0.25) is 29.5 Å². The van der Waals surface area contributed by atoms with E-state index in [0.717, 1.165) is 13.8 Å². The number of nitrogens with one attached hydrogen (secondary N) is 4. The Labute approximate surface area is 274 Å². The molecule has 274 valence electrons. The highest BCUT2D eigenvalue weighted by atomic mass is 16.7. The number of aliphatic hydroxyl groups excluding tert-OH is 5. The fourth-order valence-corrected chi connectivity index (χ4v) is 5.07. The number of rotatable bonds is 16. The molecule has 0 radical (unpaired) electrons. The van der Waals surface area contributed by atoms with Crippen LogP contribution in [0.2, 0.25) is 0 Å². The number of primary amides is 1. The number of hydrogen-bond donors (Lipinski definition) is 11. The predicted octanol–water partition coefficient (Wildman–Crippen LogP) is -6.36. The minimum absolute atomic E-state index is 0.296. The number of ether oxygens (including phenoxy) is 4. The van der Waals surface area contributed by atoms with E-state index >= 15 is 0 Å². The van der Waals surface area contributed by atoms with Crippen molar-refractivity contribution in [2.45, 2.75) is 120 Å². The van der Waals surface area contributed by atoms with Crippen molar-refractivity contribution in [1.82, 2.24) is 21.3 Å². The van der Waals surface area contributed by atoms with Crippen molar-refractivity contribution >= 4 is 35.5 Å². The number of carboxylic acids is 1. The van der Waals surface area contributed by atoms with Crippen molar-refractivity contribution < 1.29 is 78.4 Å². The molecule has 2 aliphatic heterocycles. The summed E-state index contributed by atoms with van der Waals surface area (Å²) in [5.41, 5.74) is 5.23. The van der Waals surface area contributed by atoms with Crippen molar-refractivity contribution in [2.75, 3.05) is 13.2 Å². The van der Waals surface area contributed by atoms with E-state index in [1.807, 2.05) is 0 Å². The van der Waals surface area contributed by atoms with Crippen LogP contribution in [-0.4, -0.2) is 159 Å². The Morgan fingerprint density at radius 2 is 1.40 bits per heavy atom. The molecule has 12 N–H and O–H groups in total. The van der Waals surface area contributed by atoms with E-state index in [4.69, 9.17) is 29.8 Å². The zero-order valence-corrected chi connectivity index (χ0v) is 26.7. The molecule has 2 fully saturated rings. The number of carboxylic acid groups (broad SMARTS) is 1. The van der Waals surface area contributed by atoms with E-state index in [-0.39, 0.29) is 6.42 Å². The monoisotopic (exact) mass is 695 g/mol. The summed E-state index contributed by atoms with van der Waals surface area (Å²) in [4.78, 5) is 72.0. The number of aliphatic hydroxyl groups is 5. The topological polar surface area (TPSA) is 335 Å². The zero-order valence-electron chi connectivity index (χ0n) is 26.7. The maximum atomic E-state index is 13.0. The van der Waals surface area contributed by atoms with Crippen LogP contribution in [0, 0.1) is 0 Å². The summed E-state index contributed by atoms with van der Waals surface area (Å²) in [5.74, 6) is -5.35. The van der Waals surface area contributed by atoms with Crippen LogP contribution in [0.3, 0.4) is 0 Å². The fourth-order valence-electron chi connectivity index (χ4n) is 5.07. The molecule has 0 aromatic heterocycles. The SMILES string of the molecule is CC(=O)N[C@H]1[C@H](O[C@H]2[C@H](O)[C@@H](NC(C)=O)C(O)O[C@@H]2CO)O[C@H](CO)[C@@H](O)[C@@H]1OC(C)C(=O)N[C@@H](C)C(=O)N[C@@H](CCC(=O)O)C(N)=O. The van der Waals surface area contributed by atoms with Crippen LogP contribution < -0.4 is 27.0 Å². The molecule has 2 rings (SSSR count). The Bertz CT molecular complexity index is 1160. The van der Waals surface area contributed by atoms with Crippen molar-refractivity contribution in [1.29, 1.82) is 0 Å². The Morgan fingerprint density at radius 3 is 1.92 bits per heavy atom. The molecule has 0 aliphatic carbocycles. The molecular weight excluding hydrogens is 650 g/mol. The normalized spacial score (nSPS) is 32.2. The second-order valence-electron chi connectivity index (χ2n) is 11.4. The van der Waals surface area contributed by atoms with Gasteiger partial charge in [0.15, 0.2) is 12.6 Å². The predicted molar refractivity (Wildman–Crippen MR) is 156 cm³/mol. The quantitative estimate of drug-likeness (QED) is 0.0715. The number of aliphatic carboxylic acids is 1. The Kier molecular flexibility index (Phi) is 15.5. The molecule has 2 aliphatic rings. The summed E-state index contributed by atoms with van der Waals surface area (Å²) in [6.45, 7) is 3.08. The standard InChI is InChI=1S/C27H45N5O16/c1-9(24(42)32-13(23(28)41)5-6-16(37)38)29-25(43)10(2)45-22-18(31-12(4)36)27(47-14(7-33)19(22)39)48-21-15(8-34)46-26(44)17(20(21)40)30-11(3)35/h9-10,13-15,17-22,26-27,33-34,39-40,44H,5-8H2,1-4H3,(H2,28,41)(H,29,43)(H,30,35)(H,31,36)(H,32,42)(H,37,38)/t9-,10?,13-,14+,15+,17+,18+,19+,20+,21+,22+,26?,27-/m0/s1. The molecule has 0 spiro atoms. The van der Waals surface area contributed by atoms with Gasteiger partial charge in [-0.25, -0.2) is 0 Å². The third-order valence-electron chi connectivity index (χ3n) is 7.55. The Balaban J connectivity index is 2.26. The lowest BCUT2D eigenvalue weighted by molar-refractivity contribution is -0.331. The number of nitrogens with two attached hydrogens (primary N) is 1. The van der Waals surface area contributed by atoms with Gasteiger partial charge in [-0.1, -0.05) is 0 Å². The molecule has 2 saturated heterocycles. The molecule has 2 unspecified atom stereocenters. The summed E-state index contributed by atoms with van der Waals surface area (Å²) in [6.07, 6.45) is -15.0. The molecule has 21 heteroatoms. The maximum Gasteiger partial charge on any atom is 0.303 e. The van der Waals surface area contributed by atoms with Crippen LogP contribution in [0.15, 0.2) is 0 Å². The molecule has 21 nitrogen and oxygen atoms in total. The molecule has 5 amide bonds. The molecular formula is C27H45N5O16. The van der Waals surface area contributed by atoms with E-state index in [1.165, 1.54) is 13.8 Å². The van der Waals surface area contributed by atoms with Gasteiger partial charge in [0.05, 0.1) is 13.2 Å². The fraction of sp³-hybridized carbons (Fsp3) is 0.778. The van der Waals surface area contributed by atoms with Crippen LogP contribution >= 0.6 is 0 Å². The van der Waals surface area contributed by atoms with E-state index in [0.29, 0.717) is 0 Å². The molecule has 0 aromatic carbocycles. The first-order valence-electron chi connectivity index (χ1n) is 15.0. The van der Waals surface area contributed by atoms with Gasteiger partial charge in [0.1, 0.15) is 66.9 Å². The first kappa shape index (κ1) is 40.6. The van der Waals surface area contributed by atoms with Crippen LogP contribution in [0.4, 0.5) is 0 Å². The zero-order chi connectivity index (χ0) is 36.5. The summed E-state index contributed by atoms with van der Waals surface area (Å²) in [7, 11) is 0. The van der Waals surface area contributed by atoms with E-state index in [2.05, 4.69) is 21.3 Å². The second kappa shape index (κ2) is 18.3. The van der Waals surface area contributed by atoms with Gasteiger partial charge >= 0.3 is 5.97 Å². The van der Waals surface area contributed by atoms with Gasteiger partial charge in [0.25, 0.3) is 0 Å². The van der Waals surface area contributed by atoms with E-state index in [9.17, 15) is 54.3 Å². The van der Waals surface area contributed by atoms with E-state index < -0.39 is 135 Å². The minimum atomic E-state index is -1.75. The van der Waals surface area contributed by atoms with Crippen LogP contribution in [-0.2, 0) is 47.7 Å². The van der Waals surface area contributed by atoms with Crippen molar-refractivity contribution in [3.05, 3.63) is 0 Å². The maximum absolute atomic E-state index is 13.0. The first-order chi connectivity index (χ1) is 22.4. The Morgan fingerprint density at radius 1 is 0.812 bits per heavy atom. The van der Waals surface area contributed by atoms with Crippen molar-refractivity contribution in [3.8, 4) is 0 Å². The number of amides is 5. The summed E-state index contributed by atoms with van der Waals surface area (Å²) < 4.78 is 22.7. The average Bonchev–Trinajstić information content (AvgIpc) is 3.00. The lowest BCUT2D eigenvalue weighted by atomic mass is 9.94. The Hall–Kier alpha value is -3.54. The van der Waals surface area contributed by atoms with Gasteiger partial charge in [-0.2, -0.15) is 0 Å². The molecule has 13 atom stereocenters. The summed E-state index contributed by atoms with van der Waals surface area (Å²) in [6, 6.07) is -5.51. The van der Waals surface area contributed by atoms with Crippen LogP contribution in [0.1, 0.15) is 40.5 Å². The molecule has 0 saturated carbocycles. The highest BCUT2D eigenvalue weighted by molar-refractivity contribution is 5.92. The van der Waals surface area contributed by atoms with Crippen LogP contribution in [0.5, 0.6) is 0 Å². The van der Waals surface area contributed by atoms with Crippen molar-refractivity contribution in [2.24, 2.45) is 5.73 Å². The smallest absolute Gasteiger partial charge is 0.303 e. The largest absolute Gasteiger partial charge is 0.481 e. The van der Waals surface area contributed by atoms with Gasteiger partial charge < -0.3 is 76.6 Å². The highest BCUT2D eigenvalue weighted by Crippen LogP contribution is 2.30. The van der Waals surface area contributed by atoms with Crippen LogP contribution in [0.25, 0.3) is 0 Å². The average molecular weight is 696 g/mol.